The van der Waals surface area contributed by atoms with Gasteiger partial charge in [-0.05, 0) is 75.1 Å². The monoisotopic (exact) mass is 385 g/mol. The maximum absolute atomic E-state index is 12.6. The molecule has 0 bridgehead atoms. The quantitative estimate of drug-likeness (QED) is 0.772. The highest BCUT2D eigenvalue weighted by atomic mass is 16.2. The van der Waals surface area contributed by atoms with Crippen LogP contribution < -0.4 is 15.5 Å². The van der Waals surface area contributed by atoms with Crippen molar-refractivity contribution in [3.63, 3.8) is 0 Å². The van der Waals surface area contributed by atoms with Crippen LogP contribution in [0.25, 0.3) is 0 Å². The van der Waals surface area contributed by atoms with Crippen LogP contribution in [0, 0.1) is 17.8 Å². The molecule has 1 heterocycles. The van der Waals surface area contributed by atoms with Gasteiger partial charge in [0.15, 0.2) is 0 Å². The number of piperidine rings is 1. The predicted molar refractivity (Wildman–Crippen MR) is 114 cm³/mol. The number of carbonyl (C=O) groups is 2. The second-order valence-corrected chi connectivity index (χ2v) is 8.77. The highest BCUT2D eigenvalue weighted by Crippen LogP contribution is 2.30. The van der Waals surface area contributed by atoms with Crippen LogP contribution in [0.15, 0.2) is 24.3 Å². The number of nitrogens with zero attached hydrogens (tertiary/aromatic N) is 1. The smallest absolute Gasteiger partial charge is 0.227 e. The first-order valence-electron chi connectivity index (χ1n) is 11.0. The highest BCUT2D eigenvalue weighted by molar-refractivity contribution is 5.93. The summed E-state index contributed by atoms with van der Waals surface area (Å²) in [6, 6.07) is 8.23. The summed E-state index contributed by atoms with van der Waals surface area (Å²) >= 11 is 0. The molecule has 5 heteroatoms. The van der Waals surface area contributed by atoms with Crippen LogP contribution in [0.2, 0.25) is 0 Å². The van der Waals surface area contributed by atoms with E-state index < -0.39 is 0 Å². The zero-order chi connectivity index (χ0) is 19.9. The average Bonchev–Trinajstić information content (AvgIpc) is 2.73. The molecule has 1 aromatic rings. The van der Waals surface area contributed by atoms with Crippen LogP contribution in [0.4, 0.5) is 11.4 Å². The second-order valence-electron chi connectivity index (χ2n) is 8.77. The molecule has 2 N–H and O–H groups in total. The summed E-state index contributed by atoms with van der Waals surface area (Å²) in [6.07, 6.45) is 7.03. The topological polar surface area (TPSA) is 61.4 Å². The minimum atomic E-state index is 0.0101. The third-order valence-electron chi connectivity index (χ3n) is 6.01. The van der Waals surface area contributed by atoms with Gasteiger partial charge in [0.2, 0.25) is 11.8 Å². The van der Waals surface area contributed by atoms with Crippen LogP contribution >= 0.6 is 0 Å². The average molecular weight is 386 g/mol. The number of hydrogen-bond donors (Lipinski definition) is 2. The van der Waals surface area contributed by atoms with Crippen molar-refractivity contribution in [1.82, 2.24) is 5.32 Å². The molecule has 1 saturated heterocycles. The molecule has 5 nitrogen and oxygen atoms in total. The molecular weight excluding hydrogens is 350 g/mol. The molecule has 1 saturated carbocycles. The van der Waals surface area contributed by atoms with Gasteiger partial charge in [-0.2, -0.15) is 0 Å². The minimum Gasteiger partial charge on any atom is -0.372 e. The lowest BCUT2D eigenvalue weighted by atomic mass is 9.81. The Morgan fingerprint density at radius 1 is 0.929 bits per heavy atom. The Bertz CT molecular complexity index is 642. The van der Waals surface area contributed by atoms with E-state index in [9.17, 15) is 9.59 Å². The summed E-state index contributed by atoms with van der Waals surface area (Å²) in [5, 5.41) is 6.09. The van der Waals surface area contributed by atoms with Crippen LogP contribution in [0.3, 0.4) is 0 Å². The van der Waals surface area contributed by atoms with Crippen molar-refractivity contribution in [1.29, 1.82) is 0 Å². The lowest BCUT2D eigenvalue weighted by molar-refractivity contribution is -0.128. The van der Waals surface area contributed by atoms with E-state index in [-0.39, 0.29) is 23.7 Å². The number of nitrogens with one attached hydrogen (secondary N) is 2. The van der Waals surface area contributed by atoms with E-state index in [0.717, 1.165) is 51.0 Å². The molecule has 2 aliphatic rings. The third kappa shape index (κ3) is 5.73. The number of amides is 2. The van der Waals surface area contributed by atoms with Crippen LogP contribution in [0.5, 0.6) is 0 Å². The van der Waals surface area contributed by atoms with E-state index in [0.29, 0.717) is 5.92 Å². The molecule has 2 fully saturated rings. The number of carbonyl (C=O) groups excluding carboxylic acids is 2. The molecule has 1 aliphatic heterocycles. The lowest BCUT2D eigenvalue weighted by Gasteiger charge is -2.29. The number of hydrogen-bond acceptors (Lipinski definition) is 3. The first-order chi connectivity index (χ1) is 13.5. The van der Waals surface area contributed by atoms with Crippen LogP contribution in [0.1, 0.15) is 58.8 Å². The van der Waals surface area contributed by atoms with Gasteiger partial charge in [-0.1, -0.05) is 13.8 Å². The maximum atomic E-state index is 12.6. The van der Waals surface area contributed by atoms with Gasteiger partial charge in [0.1, 0.15) is 0 Å². The zero-order valence-corrected chi connectivity index (χ0v) is 17.4. The van der Waals surface area contributed by atoms with Gasteiger partial charge >= 0.3 is 0 Å². The Labute approximate surface area is 169 Å². The van der Waals surface area contributed by atoms with Gasteiger partial charge < -0.3 is 15.5 Å². The molecule has 0 aromatic heterocycles. The Hall–Kier alpha value is -2.04. The molecule has 1 aromatic carbocycles. The van der Waals surface area contributed by atoms with Gasteiger partial charge in [-0.3, -0.25) is 9.59 Å². The molecule has 28 heavy (non-hydrogen) atoms. The largest absolute Gasteiger partial charge is 0.372 e. The molecule has 3 rings (SSSR count). The molecule has 0 spiro atoms. The van der Waals surface area contributed by atoms with E-state index >= 15 is 0 Å². The third-order valence-corrected chi connectivity index (χ3v) is 6.01. The Balaban J connectivity index is 1.44. The Kier molecular flexibility index (Phi) is 7.35. The summed E-state index contributed by atoms with van der Waals surface area (Å²) < 4.78 is 0. The zero-order valence-electron chi connectivity index (χ0n) is 17.4. The summed E-state index contributed by atoms with van der Waals surface area (Å²) in [4.78, 5) is 27.3. The van der Waals surface area contributed by atoms with Crippen LogP contribution in [-0.4, -0.2) is 31.4 Å². The maximum Gasteiger partial charge on any atom is 0.227 e. The van der Waals surface area contributed by atoms with Crippen LogP contribution in [-0.2, 0) is 9.59 Å². The number of anilines is 2. The van der Waals surface area contributed by atoms with Crippen molar-refractivity contribution in [3.05, 3.63) is 24.3 Å². The van der Waals surface area contributed by atoms with Crippen molar-refractivity contribution < 1.29 is 9.59 Å². The standard InChI is InChI=1S/C23H35N3O2/c1-17(2)16-24-22(27)18-6-8-19(9-7-18)23(28)25-20-10-12-21(13-11-20)26-14-4-3-5-15-26/h10-13,17-19H,3-9,14-16H2,1-2H3,(H,24,27)(H,25,28). The van der Waals surface area contributed by atoms with Gasteiger partial charge in [0.05, 0.1) is 0 Å². The second kappa shape index (κ2) is 9.94. The lowest BCUT2D eigenvalue weighted by Crippen LogP contribution is -2.37. The molecule has 1 aliphatic carbocycles. The number of rotatable bonds is 6. The van der Waals surface area contributed by atoms with Gasteiger partial charge in [0.25, 0.3) is 0 Å². The van der Waals surface area contributed by atoms with Crippen molar-refractivity contribution in [3.8, 4) is 0 Å². The fourth-order valence-electron chi connectivity index (χ4n) is 4.22. The first-order valence-corrected chi connectivity index (χ1v) is 11.0. The highest BCUT2D eigenvalue weighted by Gasteiger charge is 2.29. The molecule has 0 atom stereocenters. The Morgan fingerprint density at radius 2 is 1.50 bits per heavy atom. The minimum absolute atomic E-state index is 0.0101. The van der Waals surface area contributed by atoms with Crippen molar-refractivity contribution in [2.75, 3.05) is 29.9 Å². The van der Waals surface area contributed by atoms with Gasteiger partial charge in [-0.15, -0.1) is 0 Å². The predicted octanol–water partition coefficient (Wildman–Crippen LogP) is 4.19. The van der Waals surface area contributed by atoms with E-state index in [1.807, 2.05) is 12.1 Å². The number of benzene rings is 1. The molecule has 0 radical (unpaired) electrons. The van der Waals surface area contributed by atoms with E-state index in [1.165, 1.54) is 24.9 Å². The summed E-state index contributed by atoms with van der Waals surface area (Å²) in [5.41, 5.74) is 2.10. The van der Waals surface area contributed by atoms with E-state index in [1.54, 1.807) is 0 Å². The van der Waals surface area contributed by atoms with Gasteiger partial charge in [-0.25, -0.2) is 0 Å². The van der Waals surface area contributed by atoms with Crippen molar-refractivity contribution in [2.45, 2.75) is 58.8 Å². The van der Waals surface area contributed by atoms with E-state index in [4.69, 9.17) is 0 Å². The Morgan fingerprint density at radius 3 is 2.07 bits per heavy atom. The molecule has 154 valence electrons. The molecule has 2 amide bonds. The first kappa shape index (κ1) is 20.7. The summed E-state index contributed by atoms with van der Waals surface area (Å²) in [6.45, 7) is 7.17. The van der Waals surface area contributed by atoms with E-state index in [2.05, 4.69) is 41.5 Å². The summed E-state index contributed by atoms with van der Waals surface area (Å²) in [5.74, 6) is 0.780. The molecular formula is C23H35N3O2. The van der Waals surface area contributed by atoms with Gasteiger partial charge in [0, 0.05) is 42.8 Å². The van der Waals surface area contributed by atoms with Crippen molar-refractivity contribution >= 4 is 23.2 Å². The summed E-state index contributed by atoms with van der Waals surface area (Å²) in [7, 11) is 0. The van der Waals surface area contributed by atoms with Crippen molar-refractivity contribution in [2.24, 2.45) is 17.8 Å². The fraction of sp³-hybridized carbons (Fsp3) is 0.652. The molecule has 0 unspecified atom stereocenters. The SMILES string of the molecule is CC(C)CNC(=O)C1CCC(C(=O)Nc2ccc(N3CCCCC3)cc2)CC1. The fourth-order valence-corrected chi connectivity index (χ4v) is 4.22. The normalized spacial score (nSPS) is 22.8.